The van der Waals surface area contributed by atoms with Gasteiger partial charge in [-0.2, -0.15) is 0 Å². The lowest BCUT2D eigenvalue weighted by molar-refractivity contribution is 0.0946. The molecule has 0 aliphatic carbocycles. The van der Waals surface area contributed by atoms with Gasteiger partial charge < -0.3 is 5.32 Å². The number of benzene rings is 2. The number of aryl methyl sites for hydroxylation is 1. The van der Waals surface area contributed by atoms with Gasteiger partial charge in [0, 0.05) is 18.7 Å². The average molecular weight is 415 g/mol. The Morgan fingerprint density at radius 1 is 1.14 bits per heavy atom. The van der Waals surface area contributed by atoms with Gasteiger partial charge in [0.15, 0.2) is 0 Å². The number of carbonyl (C=O) groups excluding carboxylic acids is 1. The summed E-state index contributed by atoms with van der Waals surface area (Å²) < 4.78 is 26.4. The third kappa shape index (κ3) is 5.38. The van der Waals surface area contributed by atoms with Crippen molar-refractivity contribution in [3.63, 3.8) is 0 Å². The lowest BCUT2D eigenvalue weighted by Gasteiger charge is -2.29. The molecule has 1 aliphatic heterocycles. The van der Waals surface area contributed by atoms with Gasteiger partial charge in [-0.3, -0.25) is 9.10 Å². The van der Waals surface area contributed by atoms with Gasteiger partial charge in [-0.1, -0.05) is 49.7 Å². The zero-order chi connectivity index (χ0) is 20.9. The molecule has 0 saturated carbocycles. The molecule has 1 saturated heterocycles. The molecule has 1 heterocycles. The minimum absolute atomic E-state index is 0.160. The number of anilines is 1. The molecular formula is C23H30N2O3S. The van der Waals surface area contributed by atoms with Crippen molar-refractivity contribution in [3.05, 3.63) is 65.2 Å². The Balaban J connectivity index is 1.69. The van der Waals surface area contributed by atoms with Gasteiger partial charge in [-0.05, 0) is 55.4 Å². The standard InChI is InChI=1S/C23H30N2O3S/c1-3-19(15-20-9-5-4-6-10-20)17-24-23(26)21-12-11-18(2)22(16-21)25-13-7-8-14-29(25,27)28/h4-6,9-12,16,19H,3,7-8,13-15,17H2,1-2H3,(H,24,26)/t19-/m1/s1. The Hall–Kier alpha value is -2.34. The highest BCUT2D eigenvalue weighted by Gasteiger charge is 2.27. The van der Waals surface area contributed by atoms with Crippen LogP contribution in [0.1, 0.15) is 47.7 Å². The lowest BCUT2D eigenvalue weighted by Crippen LogP contribution is -2.38. The molecule has 1 atom stereocenters. The highest BCUT2D eigenvalue weighted by Crippen LogP contribution is 2.28. The average Bonchev–Trinajstić information content (AvgIpc) is 2.72. The van der Waals surface area contributed by atoms with E-state index >= 15 is 0 Å². The SMILES string of the molecule is CC[C@@H](CNC(=O)c1ccc(C)c(N2CCCCS2(=O)=O)c1)Cc1ccccc1. The number of rotatable bonds is 7. The maximum absolute atomic E-state index is 12.7. The van der Waals surface area contributed by atoms with Crippen LogP contribution in [0.4, 0.5) is 5.69 Å². The number of sulfonamides is 1. The molecule has 0 radical (unpaired) electrons. The van der Waals surface area contributed by atoms with Gasteiger partial charge in [-0.25, -0.2) is 8.42 Å². The summed E-state index contributed by atoms with van der Waals surface area (Å²) in [4.78, 5) is 12.7. The molecule has 29 heavy (non-hydrogen) atoms. The van der Waals surface area contributed by atoms with E-state index in [0.29, 0.717) is 36.7 Å². The minimum Gasteiger partial charge on any atom is -0.352 e. The molecule has 0 spiro atoms. The van der Waals surface area contributed by atoms with Gasteiger partial charge >= 0.3 is 0 Å². The molecule has 0 aromatic heterocycles. The van der Waals surface area contributed by atoms with Crippen LogP contribution in [0.3, 0.4) is 0 Å². The maximum Gasteiger partial charge on any atom is 0.251 e. The first-order valence-corrected chi connectivity index (χ1v) is 11.9. The fourth-order valence-corrected chi connectivity index (χ4v) is 5.42. The van der Waals surface area contributed by atoms with E-state index in [9.17, 15) is 13.2 Å². The first-order chi connectivity index (χ1) is 13.9. The topological polar surface area (TPSA) is 66.5 Å². The molecule has 0 bridgehead atoms. The van der Waals surface area contributed by atoms with E-state index in [-0.39, 0.29) is 11.7 Å². The van der Waals surface area contributed by atoms with Crippen molar-refractivity contribution in [2.24, 2.45) is 5.92 Å². The van der Waals surface area contributed by atoms with Gasteiger partial charge in [-0.15, -0.1) is 0 Å². The van der Waals surface area contributed by atoms with Crippen LogP contribution in [-0.2, 0) is 16.4 Å². The van der Waals surface area contributed by atoms with Crippen molar-refractivity contribution in [2.45, 2.75) is 39.5 Å². The van der Waals surface area contributed by atoms with E-state index in [1.54, 1.807) is 12.1 Å². The Morgan fingerprint density at radius 3 is 2.59 bits per heavy atom. The largest absolute Gasteiger partial charge is 0.352 e. The predicted molar refractivity (Wildman–Crippen MR) is 118 cm³/mol. The quantitative estimate of drug-likeness (QED) is 0.747. The first kappa shape index (κ1) is 21.4. The van der Waals surface area contributed by atoms with Gasteiger partial charge in [0.2, 0.25) is 10.0 Å². The molecule has 1 amide bonds. The minimum atomic E-state index is -3.30. The summed E-state index contributed by atoms with van der Waals surface area (Å²) in [7, 11) is -3.30. The second-order valence-corrected chi connectivity index (χ2v) is 9.78. The number of hydrogen-bond acceptors (Lipinski definition) is 3. The summed E-state index contributed by atoms with van der Waals surface area (Å²) in [6, 6.07) is 15.6. The summed E-state index contributed by atoms with van der Waals surface area (Å²) in [5.74, 6) is 0.362. The van der Waals surface area contributed by atoms with Crippen LogP contribution in [0.25, 0.3) is 0 Å². The fourth-order valence-electron chi connectivity index (χ4n) is 3.73. The fraction of sp³-hybridized carbons (Fsp3) is 0.435. The van der Waals surface area contributed by atoms with E-state index < -0.39 is 10.0 Å². The maximum atomic E-state index is 12.7. The number of hydrogen-bond donors (Lipinski definition) is 1. The van der Waals surface area contributed by atoms with Crippen molar-refractivity contribution >= 4 is 21.6 Å². The van der Waals surface area contributed by atoms with Crippen LogP contribution in [0.2, 0.25) is 0 Å². The number of carbonyl (C=O) groups is 1. The van der Waals surface area contributed by atoms with E-state index in [1.807, 2.05) is 31.2 Å². The molecule has 1 fully saturated rings. The van der Waals surface area contributed by atoms with Gasteiger partial charge in [0.25, 0.3) is 5.91 Å². The summed E-state index contributed by atoms with van der Waals surface area (Å²) in [5.41, 5.74) is 3.25. The van der Waals surface area contributed by atoms with Gasteiger partial charge in [0.05, 0.1) is 11.4 Å². The van der Waals surface area contributed by atoms with Crippen LogP contribution >= 0.6 is 0 Å². The lowest BCUT2D eigenvalue weighted by atomic mass is 9.97. The molecular weight excluding hydrogens is 384 g/mol. The molecule has 2 aromatic carbocycles. The number of nitrogens with zero attached hydrogens (tertiary/aromatic N) is 1. The van der Waals surface area contributed by atoms with E-state index in [2.05, 4.69) is 24.4 Å². The Morgan fingerprint density at radius 2 is 1.90 bits per heavy atom. The van der Waals surface area contributed by atoms with Crippen LogP contribution in [0.15, 0.2) is 48.5 Å². The van der Waals surface area contributed by atoms with Crippen molar-refractivity contribution in [3.8, 4) is 0 Å². The Bertz CT molecular complexity index is 942. The predicted octanol–water partition coefficient (Wildman–Crippen LogP) is 3.92. The van der Waals surface area contributed by atoms with Crippen LogP contribution < -0.4 is 9.62 Å². The van der Waals surface area contributed by atoms with Crippen molar-refractivity contribution in [2.75, 3.05) is 23.1 Å². The summed E-state index contributed by atoms with van der Waals surface area (Å²) >= 11 is 0. The Labute approximate surface area is 174 Å². The normalized spacial score (nSPS) is 17.0. The second kappa shape index (κ2) is 9.44. The van der Waals surface area contributed by atoms with Crippen LogP contribution in [0, 0.1) is 12.8 Å². The summed E-state index contributed by atoms with van der Waals surface area (Å²) in [6.07, 6.45) is 3.42. The molecule has 2 aromatic rings. The molecule has 0 unspecified atom stereocenters. The van der Waals surface area contributed by atoms with E-state index in [1.165, 1.54) is 9.87 Å². The van der Waals surface area contributed by atoms with Crippen molar-refractivity contribution < 1.29 is 13.2 Å². The van der Waals surface area contributed by atoms with Crippen molar-refractivity contribution in [1.29, 1.82) is 0 Å². The molecule has 3 rings (SSSR count). The number of nitrogens with one attached hydrogen (secondary N) is 1. The molecule has 5 nitrogen and oxygen atoms in total. The van der Waals surface area contributed by atoms with Gasteiger partial charge in [0.1, 0.15) is 0 Å². The smallest absolute Gasteiger partial charge is 0.251 e. The summed E-state index contributed by atoms with van der Waals surface area (Å²) in [5, 5.41) is 3.03. The molecule has 1 aliphatic rings. The molecule has 156 valence electrons. The monoisotopic (exact) mass is 414 g/mol. The van der Waals surface area contributed by atoms with E-state index in [4.69, 9.17) is 0 Å². The van der Waals surface area contributed by atoms with E-state index in [0.717, 1.165) is 24.8 Å². The third-order valence-electron chi connectivity index (χ3n) is 5.59. The van der Waals surface area contributed by atoms with Crippen molar-refractivity contribution in [1.82, 2.24) is 5.32 Å². The first-order valence-electron chi connectivity index (χ1n) is 10.3. The highest BCUT2D eigenvalue weighted by molar-refractivity contribution is 7.92. The second-order valence-electron chi connectivity index (χ2n) is 7.77. The third-order valence-corrected chi connectivity index (χ3v) is 7.44. The van der Waals surface area contributed by atoms with Crippen LogP contribution in [0.5, 0.6) is 0 Å². The molecule has 6 heteroatoms. The number of amides is 1. The Kier molecular flexibility index (Phi) is 6.96. The molecule has 1 N–H and O–H groups in total. The zero-order valence-corrected chi connectivity index (χ0v) is 18.0. The summed E-state index contributed by atoms with van der Waals surface area (Å²) in [6.45, 7) is 5.08. The van der Waals surface area contributed by atoms with Crippen LogP contribution in [-0.4, -0.2) is 33.2 Å². The highest BCUT2D eigenvalue weighted by atomic mass is 32.2. The zero-order valence-electron chi connectivity index (χ0n) is 17.2.